The van der Waals surface area contributed by atoms with E-state index in [-0.39, 0.29) is 44.1 Å². The summed E-state index contributed by atoms with van der Waals surface area (Å²) in [6, 6.07) is 0. The summed E-state index contributed by atoms with van der Waals surface area (Å²) >= 11 is 0. The SMILES string of the molecule is CCOC(=O)C(CC1C[C@@H](F)[C@@H](F)C1)C1=CCC(S(=O)(=O)CCOC)C=C1. The fourth-order valence-corrected chi connectivity index (χ4v) is 5.07. The normalized spacial score (nSPS) is 29.4. The number of hydrogen-bond donors (Lipinski definition) is 0. The average Bonchev–Trinajstić information content (AvgIpc) is 2.96. The summed E-state index contributed by atoms with van der Waals surface area (Å²) in [5.41, 5.74) is 0.657. The van der Waals surface area contributed by atoms with Crippen LogP contribution in [-0.4, -0.2) is 58.1 Å². The molecule has 154 valence electrons. The maximum atomic E-state index is 13.5. The number of carbonyl (C=O) groups is 1. The van der Waals surface area contributed by atoms with Crippen molar-refractivity contribution < 1.29 is 31.5 Å². The van der Waals surface area contributed by atoms with Crippen molar-refractivity contribution in [3.05, 3.63) is 23.8 Å². The van der Waals surface area contributed by atoms with Crippen LogP contribution in [0.4, 0.5) is 8.78 Å². The van der Waals surface area contributed by atoms with E-state index in [1.54, 1.807) is 25.2 Å². The van der Waals surface area contributed by atoms with Gasteiger partial charge in [0.2, 0.25) is 0 Å². The Morgan fingerprint density at radius 1 is 1.30 bits per heavy atom. The molecule has 8 heteroatoms. The lowest BCUT2D eigenvalue weighted by molar-refractivity contribution is -0.147. The Labute approximate surface area is 159 Å². The molecule has 2 aliphatic carbocycles. The minimum Gasteiger partial charge on any atom is -0.466 e. The third kappa shape index (κ3) is 5.85. The number of rotatable bonds is 9. The van der Waals surface area contributed by atoms with Gasteiger partial charge < -0.3 is 9.47 Å². The predicted octanol–water partition coefficient (Wildman–Crippen LogP) is 2.96. The van der Waals surface area contributed by atoms with Crippen LogP contribution in [-0.2, 0) is 24.1 Å². The van der Waals surface area contributed by atoms with Crippen LogP contribution >= 0.6 is 0 Å². The molecule has 2 rings (SSSR count). The highest BCUT2D eigenvalue weighted by Crippen LogP contribution is 2.37. The molecular weight excluding hydrogens is 378 g/mol. The molecule has 27 heavy (non-hydrogen) atoms. The number of methoxy groups -OCH3 is 1. The smallest absolute Gasteiger partial charge is 0.313 e. The maximum absolute atomic E-state index is 13.5. The van der Waals surface area contributed by atoms with Gasteiger partial charge in [-0.25, -0.2) is 17.2 Å². The van der Waals surface area contributed by atoms with Crippen LogP contribution in [0.25, 0.3) is 0 Å². The van der Waals surface area contributed by atoms with Crippen molar-refractivity contribution in [3.63, 3.8) is 0 Å². The van der Waals surface area contributed by atoms with Crippen molar-refractivity contribution in [3.8, 4) is 0 Å². The topological polar surface area (TPSA) is 69.7 Å². The second kappa shape index (κ2) is 9.78. The molecule has 5 nitrogen and oxygen atoms in total. The van der Waals surface area contributed by atoms with E-state index in [1.807, 2.05) is 0 Å². The minimum absolute atomic E-state index is 0.0686. The van der Waals surface area contributed by atoms with E-state index in [0.717, 1.165) is 0 Å². The summed E-state index contributed by atoms with van der Waals surface area (Å²) in [5.74, 6) is -1.37. The first-order valence-corrected chi connectivity index (χ1v) is 11.0. The molecule has 1 fully saturated rings. The van der Waals surface area contributed by atoms with Crippen molar-refractivity contribution in [2.45, 2.75) is 50.2 Å². The van der Waals surface area contributed by atoms with E-state index in [1.165, 1.54) is 7.11 Å². The minimum atomic E-state index is -3.33. The molecule has 5 atom stereocenters. The molecule has 0 amide bonds. The van der Waals surface area contributed by atoms with Crippen LogP contribution in [0.1, 0.15) is 32.6 Å². The Kier molecular flexibility index (Phi) is 7.97. The number of halogens is 2. The third-order valence-corrected chi connectivity index (χ3v) is 7.18. The maximum Gasteiger partial charge on any atom is 0.313 e. The van der Waals surface area contributed by atoms with Gasteiger partial charge in [0.15, 0.2) is 9.84 Å². The van der Waals surface area contributed by atoms with Gasteiger partial charge in [-0.2, -0.15) is 0 Å². The molecule has 0 aromatic heterocycles. The van der Waals surface area contributed by atoms with E-state index < -0.39 is 39.3 Å². The zero-order valence-electron chi connectivity index (χ0n) is 15.8. The van der Waals surface area contributed by atoms with E-state index >= 15 is 0 Å². The monoisotopic (exact) mass is 406 g/mol. The average molecular weight is 406 g/mol. The number of allylic oxidation sites excluding steroid dienone is 2. The van der Waals surface area contributed by atoms with Crippen molar-refractivity contribution >= 4 is 15.8 Å². The van der Waals surface area contributed by atoms with Crippen LogP contribution < -0.4 is 0 Å². The molecule has 1 saturated carbocycles. The van der Waals surface area contributed by atoms with E-state index in [4.69, 9.17) is 9.47 Å². The zero-order chi connectivity index (χ0) is 20.0. The number of hydrogen-bond acceptors (Lipinski definition) is 5. The molecular formula is C19H28F2O5S. The molecule has 0 spiro atoms. The summed E-state index contributed by atoms with van der Waals surface area (Å²) in [6.07, 6.45) is 2.74. The molecule has 0 bridgehead atoms. The van der Waals surface area contributed by atoms with Gasteiger partial charge in [-0.15, -0.1) is 0 Å². The number of sulfone groups is 1. The largest absolute Gasteiger partial charge is 0.466 e. The van der Waals surface area contributed by atoms with Crippen molar-refractivity contribution in [2.75, 3.05) is 26.1 Å². The Hall–Kier alpha value is -1.28. The summed E-state index contributed by atoms with van der Waals surface area (Å²) < 4.78 is 61.5. The first-order chi connectivity index (χ1) is 12.8. The Bertz CT molecular complexity index is 664. The number of alkyl halides is 2. The van der Waals surface area contributed by atoms with Crippen LogP contribution in [0.2, 0.25) is 0 Å². The molecule has 2 aliphatic rings. The van der Waals surface area contributed by atoms with Gasteiger partial charge in [0.25, 0.3) is 0 Å². The second-order valence-electron chi connectivity index (χ2n) is 7.11. The van der Waals surface area contributed by atoms with Gasteiger partial charge in [-0.3, -0.25) is 4.79 Å². The Morgan fingerprint density at radius 3 is 2.48 bits per heavy atom. The Balaban J connectivity index is 2.08. The summed E-state index contributed by atoms with van der Waals surface area (Å²) in [7, 11) is -1.89. The molecule has 0 aromatic rings. The van der Waals surface area contributed by atoms with Crippen LogP contribution in [0.5, 0.6) is 0 Å². The quantitative estimate of drug-likeness (QED) is 0.551. The molecule has 0 heterocycles. The van der Waals surface area contributed by atoms with E-state index in [9.17, 15) is 22.0 Å². The van der Waals surface area contributed by atoms with Gasteiger partial charge in [0, 0.05) is 7.11 Å². The third-order valence-electron chi connectivity index (χ3n) is 5.17. The van der Waals surface area contributed by atoms with Crippen molar-refractivity contribution in [1.82, 2.24) is 0 Å². The standard InChI is InChI=1S/C19H28F2O5S/c1-3-26-19(22)16(10-13-11-17(20)18(21)12-13)14-4-6-15(7-5-14)27(23,24)9-8-25-2/h4-6,13,15-18H,3,7-12H2,1-2H3/t13?,15?,16?,17-,18+. The number of carbonyl (C=O) groups excluding carboxylic acids is 1. The Morgan fingerprint density at radius 2 is 1.96 bits per heavy atom. The first kappa shape index (κ1) is 22.0. The van der Waals surface area contributed by atoms with Gasteiger partial charge in [0.1, 0.15) is 12.3 Å². The second-order valence-corrected chi connectivity index (χ2v) is 9.45. The lowest BCUT2D eigenvalue weighted by Crippen LogP contribution is -2.27. The summed E-state index contributed by atoms with van der Waals surface area (Å²) in [4.78, 5) is 12.4. The highest BCUT2D eigenvalue weighted by atomic mass is 32.2. The summed E-state index contributed by atoms with van der Waals surface area (Å²) in [6.45, 7) is 2.04. The van der Waals surface area contributed by atoms with Crippen molar-refractivity contribution in [1.29, 1.82) is 0 Å². The highest BCUT2D eigenvalue weighted by molar-refractivity contribution is 7.92. The van der Waals surface area contributed by atoms with Gasteiger partial charge in [-0.1, -0.05) is 18.2 Å². The van der Waals surface area contributed by atoms with Crippen LogP contribution in [0.3, 0.4) is 0 Å². The molecule has 0 saturated heterocycles. The summed E-state index contributed by atoms with van der Waals surface area (Å²) in [5, 5.41) is -0.656. The fraction of sp³-hybridized carbons (Fsp3) is 0.737. The van der Waals surface area contributed by atoms with Gasteiger partial charge in [0.05, 0.1) is 30.1 Å². The highest BCUT2D eigenvalue weighted by Gasteiger charge is 2.38. The lowest BCUT2D eigenvalue weighted by Gasteiger charge is -2.24. The van der Waals surface area contributed by atoms with Crippen LogP contribution in [0, 0.1) is 11.8 Å². The van der Waals surface area contributed by atoms with E-state index in [0.29, 0.717) is 12.0 Å². The molecule has 0 radical (unpaired) electrons. The zero-order valence-corrected chi connectivity index (χ0v) is 16.6. The van der Waals surface area contributed by atoms with Gasteiger partial charge >= 0.3 is 5.97 Å². The van der Waals surface area contributed by atoms with Crippen molar-refractivity contribution in [2.24, 2.45) is 11.8 Å². The lowest BCUT2D eigenvalue weighted by atomic mass is 9.85. The molecule has 0 aromatic carbocycles. The predicted molar refractivity (Wildman–Crippen MR) is 98.5 cm³/mol. The fourth-order valence-electron chi connectivity index (χ4n) is 3.66. The van der Waals surface area contributed by atoms with E-state index in [2.05, 4.69) is 0 Å². The molecule has 3 unspecified atom stereocenters. The molecule has 0 aliphatic heterocycles. The number of ether oxygens (including phenoxy) is 2. The number of esters is 1. The van der Waals surface area contributed by atoms with Gasteiger partial charge in [-0.05, 0) is 44.1 Å². The molecule has 0 N–H and O–H groups in total. The first-order valence-electron chi connectivity index (χ1n) is 9.32. The van der Waals surface area contributed by atoms with Crippen LogP contribution in [0.15, 0.2) is 23.8 Å².